The van der Waals surface area contributed by atoms with Gasteiger partial charge in [-0.1, -0.05) is 69.2 Å². The van der Waals surface area contributed by atoms with Crippen molar-refractivity contribution in [2.45, 2.75) is 69.8 Å². The van der Waals surface area contributed by atoms with Gasteiger partial charge < -0.3 is 19.3 Å². The summed E-state index contributed by atoms with van der Waals surface area (Å²) in [7, 11) is -3.68. The first kappa shape index (κ1) is 41.2. The van der Waals surface area contributed by atoms with Crippen LogP contribution in [-0.4, -0.2) is 14.5 Å². The minimum atomic E-state index is -3.68. The van der Waals surface area contributed by atoms with Gasteiger partial charge in [-0.3, -0.25) is 0 Å². The predicted molar refractivity (Wildman–Crippen MR) is 239 cm³/mol. The Hall–Kier alpha value is -6.49. The lowest BCUT2D eigenvalue weighted by atomic mass is 9.87. The molecule has 0 aliphatic heterocycles. The van der Waals surface area contributed by atoms with E-state index < -0.39 is 9.84 Å². The Balaban J connectivity index is 1.26. The number of para-hydroxylation sites is 1. The third-order valence-corrected chi connectivity index (χ3v) is 11.1. The minimum absolute atomic E-state index is 0.0680. The number of nitrogens with zero attached hydrogens (tertiary/aromatic N) is 2. The molecule has 0 radical (unpaired) electrons. The van der Waals surface area contributed by atoms with Gasteiger partial charge >= 0.3 is 0 Å². The number of benzene rings is 6. The maximum Gasteiger partial charge on any atom is 0.206 e. The second-order valence-electron chi connectivity index (χ2n) is 15.0. The molecular formula is C51H50N2O4S. The van der Waals surface area contributed by atoms with E-state index in [0.29, 0.717) is 11.5 Å². The first-order valence-corrected chi connectivity index (χ1v) is 20.9. The van der Waals surface area contributed by atoms with Gasteiger partial charge in [0.05, 0.1) is 21.6 Å². The molecule has 0 heterocycles. The Bertz CT molecular complexity index is 2510. The van der Waals surface area contributed by atoms with Crippen molar-refractivity contribution >= 4 is 38.3 Å². The Morgan fingerprint density at radius 3 is 1.57 bits per heavy atom. The number of hydrogen-bond donors (Lipinski definition) is 0. The lowest BCUT2D eigenvalue weighted by Gasteiger charge is -2.28. The van der Waals surface area contributed by atoms with Crippen molar-refractivity contribution in [1.82, 2.24) is 0 Å². The zero-order chi connectivity index (χ0) is 41.3. The zero-order valence-corrected chi connectivity index (χ0v) is 35.0. The van der Waals surface area contributed by atoms with Crippen molar-refractivity contribution in [1.29, 1.82) is 0 Å². The average Bonchev–Trinajstić information content (AvgIpc) is 3.22. The van der Waals surface area contributed by atoms with Crippen LogP contribution in [0.1, 0.15) is 54.0 Å². The van der Waals surface area contributed by atoms with Crippen LogP contribution in [0.5, 0.6) is 17.2 Å². The van der Waals surface area contributed by atoms with Crippen LogP contribution >= 0.6 is 0 Å². The molecule has 7 heteroatoms. The molecule has 0 saturated heterocycles. The summed E-state index contributed by atoms with van der Waals surface area (Å²) in [4.78, 5) is 4.80. The predicted octanol–water partition coefficient (Wildman–Crippen LogP) is 13.5. The fourth-order valence-electron chi connectivity index (χ4n) is 6.39. The van der Waals surface area contributed by atoms with Crippen molar-refractivity contribution in [2.75, 3.05) is 9.80 Å². The Kier molecular flexibility index (Phi) is 12.9. The molecule has 6 rings (SSSR count). The Morgan fingerprint density at radius 1 is 0.621 bits per heavy atom. The summed E-state index contributed by atoms with van der Waals surface area (Å²) in [6.07, 6.45) is 6.05. The van der Waals surface area contributed by atoms with Gasteiger partial charge in [0.15, 0.2) is 0 Å². The molecule has 6 aromatic carbocycles. The van der Waals surface area contributed by atoms with Crippen LogP contribution in [0.4, 0.5) is 28.4 Å². The van der Waals surface area contributed by atoms with Gasteiger partial charge in [0, 0.05) is 28.4 Å². The number of sulfone groups is 1. The first-order chi connectivity index (χ1) is 27.9. The molecular weight excluding hydrogens is 737 g/mol. The molecule has 0 aromatic heterocycles. The summed E-state index contributed by atoms with van der Waals surface area (Å²) < 4.78 is 38.9. The van der Waals surface area contributed by atoms with Crippen LogP contribution < -0.4 is 19.3 Å². The molecule has 0 amide bonds. The van der Waals surface area contributed by atoms with Gasteiger partial charge in [0.1, 0.15) is 17.2 Å². The van der Waals surface area contributed by atoms with E-state index in [4.69, 9.17) is 9.47 Å². The van der Waals surface area contributed by atoms with E-state index in [9.17, 15) is 8.42 Å². The van der Waals surface area contributed by atoms with E-state index in [1.807, 2.05) is 113 Å². The summed E-state index contributed by atoms with van der Waals surface area (Å²) in [5, 5.41) is 0. The Labute approximate surface area is 344 Å². The molecule has 0 N–H and O–H groups in total. The number of ether oxygens (including phenoxy) is 2. The largest absolute Gasteiger partial charge is 0.491 e. The second-order valence-corrected chi connectivity index (χ2v) is 16.9. The molecule has 0 bridgehead atoms. The highest BCUT2D eigenvalue weighted by molar-refractivity contribution is 7.91. The third kappa shape index (κ3) is 9.90. The Morgan fingerprint density at radius 2 is 1.07 bits per heavy atom. The molecule has 0 unspecified atom stereocenters. The van der Waals surface area contributed by atoms with Gasteiger partial charge in [-0.25, -0.2) is 8.42 Å². The van der Waals surface area contributed by atoms with Crippen molar-refractivity contribution in [3.63, 3.8) is 0 Å². The fraction of sp³-hybridized carbons (Fsp3) is 0.176. The summed E-state index contributed by atoms with van der Waals surface area (Å²) in [6, 6.07) is 48.3. The third-order valence-electron chi connectivity index (χ3n) is 9.28. The highest BCUT2D eigenvalue weighted by Crippen LogP contribution is 2.39. The van der Waals surface area contributed by atoms with Gasteiger partial charge in [-0.2, -0.15) is 0 Å². The normalized spacial score (nSPS) is 11.9. The van der Waals surface area contributed by atoms with Crippen LogP contribution in [0.25, 0.3) is 0 Å². The smallest absolute Gasteiger partial charge is 0.206 e. The summed E-state index contributed by atoms with van der Waals surface area (Å²) >= 11 is 0. The zero-order valence-electron chi connectivity index (χ0n) is 34.2. The fourth-order valence-corrected chi connectivity index (χ4v) is 7.65. The van der Waals surface area contributed by atoms with Gasteiger partial charge in [-0.05, 0) is 172 Å². The first-order valence-electron chi connectivity index (χ1n) is 19.4. The monoisotopic (exact) mass is 786 g/mol. The summed E-state index contributed by atoms with van der Waals surface area (Å²) in [5.74, 6) is 8.34. The van der Waals surface area contributed by atoms with E-state index in [1.165, 1.54) is 0 Å². The quantitative estimate of drug-likeness (QED) is 0.0858. The van der Waals surface area contributed by atoms with Crippen LogP contribution in [0, 0.1) is 11.8 Å². The van der Waals surface area contributed by atoms with Crippen molar-refractivity contribution < 1.29 is 17.9 Å². The number of anilines is 5. The minimum Gasteiger partial charge on any atom is -0.491 e. The van der Waals surface area contributed by atoms with E-state index in [2.05, 4.69) is 90.9 Å². The summed E-state index contributed by atoms with van der Waals surface area (Å²) in [6.45, 7) is 14.2. The second kappa shape index (κ2) is 18.2. The molecule has 0 saturated carbocycles. The van der Waals surface area contributed by atoms with Gasteiger partial charge in [-0.15, -0.1) is 0 Å². The van der Waals surface area contributed by atoms with E-state index in [-0.39, 0.29) is 21.3 Å². The lowest BCUT2D eigenvalue weighted by molar-refractivity contribution is 0.242. The SMILES string of the molecule is CC#C/C(=C\C=C/C)N(c1ccc(Oc2ccc(S(=O)(=O)c3ccc(C(C)(C)C)cc3)cc2)cc1)c1ccc(N(c2ccccc2)c2ccc(OC(C)C)cc2)cc1. The van der Waals surface area contributed by atoms with E-state index in [0.717, 1.165) is 45.4 Å². The van der Waals surface area contributed by atoms with Crippen molar-refractivity contribution in [3.8, 4) is 29.1 Å². The number of hydrogen-bond acceptors (Lipinski definition) is 6. The summed E-state index contributed by atoms with van der Waals surface area (Å²) in [5.41, 5.74) is 6.66. The van der Waals surface area contributed by atoms with E-state index in [1.54, 1.807) is 36.4 Å². The molecule has 0 fully saturated rings. The topological polar surface area (TPSA) is 59.1 Å². The standard InChI is InChI=1S/C51H50N2O4S/c1-8-10-15-40(14-9-2)52(42-20-22-43(23-21-42)53(41-16-12-11-13-17-41)45-24-28-46(29-25-45)56-38(3)4)44-26-30-47(31-27-44)57-48-32-36-50(37-33-48)58(54,55)49-34-18-39(19-35-49)51(5,6)7/h8,10-13,15-38H,1-7H3/b10-8-,40-15+. The number of allylic oxidation sites excluding steroid dienone is 4. The molecule has 0 aliphatic carbocycles. The highest BCUT2D eigenvalue weighted by atomic mass is 32.2. The van der Waals surface area contributed by atoms with Gasteiger partial charge in [0.25, 0.3) is 0 Å². The molecule has 0 atom stereocenters. The number of rotatable bonds is 13. The molecule has 6 nitrogen and oxygen atoms in total. The van der Waals surface area contributed by atoms with E-state index >= 15 is 0 Å². The van der Waals surface area contributed by atoms with Crippen LogP contribution in [-0.2, 0) is 15.3 Å². The average molecular weight is 787 g/mol. The lowest BCUT2D eigenvalue weighted by Crippen LogP contribution is -2.16. The maximum absolute atomic E-state index is 13.4. The van der Waals surface area contributed by atoms with Crippen molar-refractivity contribution in [2.24, 2.45) is 0 Å². The van der Waals surface area contributed by atoms with Crippen LogP contribution in [0.2, 0.25) is 0 Å². The maximum atomic E-state index is 13.4. The molecule has 0 spiro atoms. The highest BCUT2D eigenvalue weighted by Gasteiger charge is 2.21. The molecule has 6 aromatic rings. The van der Waals surface area contributed by atoms with Crippen LogP contribution in [0.15, 0.2) is 185 Å². The molecule has 58 heavy (non-hydrogen) atoms. The van der Waals surface area contributed by atoms with Crippen molar-refractivity contribution in [3.05, 3.63) is 181 Å². The molecule has 0 aliphatic rings. The van der Waals surface area contributed by atoms with Crippen LogP contribution in [0.3, 0.4) is 0 Å². The molecule has 294 valence electrons. The van der Waals surface area contributed by atoms with Gasteiger partial charge in [0.2, 0.25) is 9.84 Å².